The number of sulfonamides is 1. The number of nitrogens with two attached hydrogens (primary N) is 1. The molecule has 10 heteroatoms. The van der Waals surface area contributed by atoms with Crippen molar-refractivity contribution in [1.29, 1.82) is 0 Å². The van der Waals surface area contributed by atoms with Crippen LogP contribution in [0.2, 0.25) is 0 Å². The van der Waals surface area contributed by atoms with Crippen molar-refractivity contribution >= 4 is 63.8 Å². The molecule has 28 heavy (non-hydrogen) atoms. The maximum Gasteiger partial charge on any atom is 0.238 e. The number of aromatic nitrogens is 1. The first-order chi connectivity index (χ1) is 13.3. The van der Waals surface area contributed by atoms with E-state index in [-0.39, 0.29) is 10.6 Å². The Kier molecular flexibility index (Phi) is 4.66. The smallest absolute Gasteiger partial charge is 0.238 e. The molecule has 0 bridgehead atoms. The Morgan fingerprint density at radius 2 is 1.96 bits per heavy atom. The Morgan fingerprint density at radius 3 is 2.68 bits per heavy atom. The van der Waals surface area contributed by atoms with Crippen LogP contribution in [0.1, 0.15) is 17.4 Å². The van der Waals surface area contributed by atoms with E-state index >= 15 is 0 Å². The van der Waals surface area contributed by atoms with Crippen LogP contribution in [0.15, 0.2) is 45.5 Å². The van der Waals surface area contributed by atoms with Gasteiger partial charge in [0.2, 0.25) is 15.2 Å². The zero-order valence-corrected chi connectivity index (χ0v) is 17.5. The van der Waals surface area contributed by atoms with E-state index in [1.54, 1.807) is 23.5 Å². The normalized spacial score (nSPS) is 12.5. The maximum absolute atomic E-state index is 11.5. The fraction of sp³-hybridized carbons (Fsp3) is 0.167. The van der Waals surface area contributed by atoms with Gasteiger partial charge in [0, 0.05) is 10.3 Å². The van der Waals surface area contributed by atoms with E-state index < -0.39 is 10.0 Å². The number of hydrogen-bond donors (Lipinski definition) is 2. The van der Waals surface area contributed by atoms with Crippen molar-refractivity contribution in [3.05, 3.63) is 40.8 Å². The van der Waals surface area contributed by atoms with Gasteiger partial charge in [-0.3, -0.25) is 0 Å². The third-order valence-corrected chi connectivity index (χ3v) is 7.13. The van der Waals surface area contributed by atoms with Gasteiger partial charge in [-0.1, -0.05) is 18.3 Å². The molecule has 0 aliphatic carbocycles. The molecule has 4 rings (SSSR count). The average Bonchev–Trinajstić information content (AvgIpc) is 3.22. The van der Waals surface area contributed by atoms with Crippen molar-refractivity contribution in [1.82, 2.24) is 4.98 Å². The molecule has 7 nitrogen and oxygen atoms in total. The number of benzene rings is 2. The summed E-state index contributed by atoms with van der Waals surface area (Å²) in [6, 6.07) is 8.16. The van der Waals surface area contributed by atoms with Crippen LogP contribution in [0.3, 0.4) is 0 Å². The van der Waals surface area contributed by atoms with E-state index in [1.165, 1.54) is 23.5 Å². The minimum atomic E-state index is -3.77. The van der Waals surface area contributed by atoms with Crippen LogP contribution in [0.4, 0.5) is 10.8 Å². The number of rotatable bonds is 4. The molecular formula is C18H16N4O3S3. The number of primary sulfonamides is 1. The van der Waals surface area contributed by atoms with Crippen LogP contribution < -0.4 is 5.14 Å². The molecule has 0 atom stereocenters. The molecule has 2 heterocycles. The lowest BCUT2D eigenvalue weighted by atomic mass is 10.1. The number of aromatic hydroxyl groups is 1. The van der Waals surface area contributed by atoms with Gasteiger partial charge in [-0.2, -0.15) is 0 Å². The highest BCUT2D eigenvalue weighted by Crippen LogP contribution is 2.42. The Labute approximate surface area is 169 Å². The van der Waals surface area contributed by atoms with E-state index in [1.807, 2.05) is 19.9 Å². The third-order valence-electron chi connectivity index (χ3n) is 4.26. The Hall–Kier alpha value is -2.40. The van der Waals surface area contributed by atoms with Crippen LogP contribution >= 0.6 is 22.7 Å². The number of thiazole rings is 1. The zero-order valence-electron chi connectivity index (χ0n) is 15.0. The number of phenolic OH excluding ortho intramolecular Hbond substituents is 1. The molecule has 2 aromatic carbocycles. The molecule has 0 saturated carbocycles. The molecule has 0 amide bonds. The average molecular weight is 433 g/mol. The Morgan fingerprint density at radius 1 is 1.18 bits per heavy atom. The van der Waals surface area contributed by atoms with Gasteiger partial charge in [0.1, 0.15) is 11.4 Å². The number of azo groups is 1. The molecule has 4 aromatic rings. The van der Waals surface area contributed by atoms with Gasteiger partial charge < -0.3 is 5.11 Å². The Balaban J connectivity index is 1.80. The molecule has 0 aliphatic heterocycles. The van der Waals surface area contributed by atoms with Crippen LogP contribution in [-0.2, 0) is 16.4 Å². The highest BCUT2D eigenvalue weighted by atomic mass is 32.2. The monoisotopic (exact) mass is 432 g/mol. The van der Waals surface area contributed by atoms with E-state index in [0.29, 0.717) is 21.8 Å². The summed E-state index contributed by atoms with van der Waals surface area (Å²) in [6.45, 7) is 3.97. The van der Waals surface area contributed by atoms with E-state index in [9.17, 15) is 13.5 Å². The van der Waals surface area contributed by atoms with Crippen LogP contribution in [0, 0.1) is 6.92 Å². The fourth-order valence-corrected chi connectivity index (χ4v) is 5.40. The first-order valence-electron chi connectivity index (χ1n) is 8.36. The van der Waals surface area contributed by atoms with Gasteiger partial charge in [-0.05, 0) is 49.2 Å². The third kappa shape index (κ3) is 3.39. The molecule has 2 aromatic heterocycles. The second-order valence-corrected chi connectivity index (χ2v) is 10.1. The quantitative estimate of drug-likeness (QED) is 0.433. The van der Waals surface area contributed by atoms with Gasteiger partial charge in [0.15, 0.2) is 0 Å². The van der Waals surface area contributed by atoms with Gasteiger partial charge >= 0.3 is 0 Å². The zero-order chi connectivity index (χ0) is 20.1. The molecule has 0 unspecified atom stereocenters. The lowest BCUT2D eigenvalue weighted by Gasteiger charge is -2.05. The summed E-state index contributed by atoms with van der Waals surface area (Å²) in [5.74, 6) is 0.241. The summed E-state index contributed by atoms with van der Waals surface area (Å²) in [5.41, 5.74) is 2.25. The minimum absolute atomic E-state index is 0.0368. The first-order valence-corrected chi connectivity index (χ1v) is 11.5. The first kappa shape index (κ1) is 18.9. The number of aryl methyl sites for hydroxylation is 2. The van der Waals surface area contributed by atoms with Crippen molar-refractivity contribution < 1.29 is 13.5 Å². The minimum Gasteiger partial charge on any atom is -0.507 e. The topological polar surface area (TPSA) is 118 Å². The fourth-order valence-electron chi connectivity index (χ4n) is 2.92. The second kappa shape index (κ2) is 6.89. The largest absolute Gasteiger partial charge is 0.507 e. The van der Waals surface area contributed by atoms with Crippen molar-refractivity contribution in [2.75, 3.05) is 0 Å². The SMILES string of the molecule is CCc1cc(O)c2cc(C)sc2c1/N=N/c1nc2ccc(S(N)(=O)=O)cc2s1. The van der Waals surface area contributed by atoms with Crippen LogP contribution in [-0.4, -0.2) is 18.5 Å². The van der Waals surface area contributed by atoms with Crippen molar-refractivity contribution in [3.63, 3.8) is 0 Å². The lowest BCUT2D eigenvalue weighted by Crippen LogP contribution is -2.11. The summed E-state index contributed by atoms with van der Waals surface area (Å²) in [7, 11) is -3.77. The van der Waals surface area contributed by atoms with Crippen LogP contribution in [0.25, 0.3) is 20.3 Å². The van der Waals surface area contributed by atoms with Crippen molar-refractivity contribution in [3.8, 4) is 5.75 Å². The van der Waals surface area contributed by atoms with E-state index in [0.717, 1.165) is 26.2 Å². The highest BCUT2D eigenvalue weighted by Gasteiger charge is 2.14. The van der Waals surface area contributed by atoms with Gasteiger partial charge in [0.05, 0.1) is 19.8 Å². The van der Waals surface area contributed by atoms with Crippen molar-refractivity contribution in [2.45, 2.75) is 25.2 Å². The maximum atomic E-state index is 11.5. The summed E-state index contributed by atoms with van der Waals surface area (Å²) < 4.78 is 24.6. The molecule has 0 spiro atoms. The molecule has 144 valence electrons. The molecule has 0 fully saturated rings. The molecule has 0 aliphatic rings. The highest BCUT2D eigenvalue weighted by molar-refractivity contribution is 7.89. The van der Waals surface area contributed by atoms with Crippen LogP contribution in [0.5, 0.6) is 5.75 Å². The summed E-state index contributed by atoms with van der Waals surface area (Å²) in [6.07, 6.45) is 0.701. The lowest BCUT2D eigenvalue weighted by molar-refractivity contribution is 0.481. The number of thiophene rings is 1. The summed E-state index contributed by atoms with van der Waals surface area (Å²) >= 11 is 2.79. The number of fused-ring (bicyclic) bond motifs is 2. The molecule has 0 radical (unpaired) electrons. The van der Waals surface area contributed by atoms with Gasteiger partial charge in [-0.25, -0.2) is 18.5 Å². The number of nitrogens with zero attached hydrogens (tertiary/aromatic N) is 3. The summed E-state index contributed by atoms with van der Waals surface area (Å²) in [4.78, 5) is 5.50. The standard InChI is InChI=1S/C18H16N4O3S3/c1-3-10-7-14(23)12-6-9(2)26-17(12)16(10)21-22-18-20-13-5-4-11(28(19,24)25)8-15(13)27-18/h4-8,23H,3H2,1-2H3,(H2,19,24,25)/b22-21+. The second-order valence-electron chi connectivity index (χ2n) is 6.23. The summed E-state index contributed by atoms with van der Waals surface area (Å²) in [5, 5.41) is 25.3. The molecular weight excluding hydrogens is 416 g/mol. The predicted octanol–water partition coefficient (Wildman–Crippen LogP) is 5.15. The number of hydrogen-bond acceptors (Lipinski definition) is 8. The number of phenols is 1. The van der Waals surface area contributed by atoms with E-state index in [2.05, 4.69) is 15.2 Å². The molecule has 3 N–H and O–H groups in total. The Bertz CT molecular complexity index is 1350. The van der Waals surface area contributed by atoms with E-state index in [4.69, 9.17) is 5.14 Å². The van der Waals surface area contributed by atoms with Gasteiger partial charge in [-0.15, -0.1) is 21.6 Å². The van der Waals surface area contributed by atoms with Crippen molar-refractivity contribution in [2.24, 2.45) is 15.4 Å². The van der Waals surface area contributed by atoms with Gasteiger partial charge in [0.25, 0.3) is 0 Å². The predicted molar refractivity (Wildman–Crippen MR) is 113 cm³/mol. The molecule has 0 saturated heterocycles.